The molecule has 114 valence electrons. The largest absolute Gasteiger partial charge is 0.354 e. The predicted octanol–water partition coefficient (Wildman–Crippen LogP) is 0.875. The van der Waals surface area contributed by atoms with Gasteiger partial charge in [-0.2, -0.15) is 5.10 Å². The molecule has 3 rings (SSSR count). The Morgan fingerprint density at radius 1 is 1.32 bits per heavy atom. The summed E-state index contributed by atoms with van der Waals surface area (Å²) in [6.07, 6.45) is 6.43. The lowest BCUT2D eigenvalue weighted by Crippen LogP contribution is -2.34. The third-order valence-electron chi connectivity index (χ3n) is 3.63. The smallest absolute Gasteiger partial charge is 0.267 e. The van der Waals surface area contributed by atoms with E-state index in [0.29, 0.717) is 18.9 Å². The number of pyridine rings is 1. The summed E-state index contributed by atoms with van der Waals surface area (Å²) in [4.78, 5) is 27.7. The van der Waals surface area contributed by atoms with Crippen molar-refractivity contribution in [3.63, 3.8) is 0 Å². The standard InChI is InChI=1S/C16H18N4O2/c21-15(18-9-7-12-2-1-8-17-10-12)11-20-16(22)6-5-14(19-20)13-3-4-13/h1-2,5-6,8,10,13H,3-4,7,9,11H2,(H,18,21). The first-order valence-electron chi connectivity index (χ1n) is 7.46. The van der Waals surface area contributed by atoms with Crippen molar-refractivity contribution in [2.75, 3.05) is 6.54 Å². The summed E-state index contributed by atoms with van der Waals surface area (Å²) in [5.74, 6) is 0.256. The first-order chi connectivity index (χ1) is 10.7. The molecule has 2 heterocycles. The molecule has 0 saturated heterocycles. The van der Waals surface area contributed by atoms with Gasteiger partial charge in [-0.05, 0) is 37.0 Å². The lowest BCUT2D eigenvalue weighted by atomic mass is 10.2. The Balaban J connectivity index is 1.53. The number of nitrogens with zero attached hydrogens (tertiary/aromatic N) is 3. The lowest BCUT2D eigenvalue weighted by molar-refractivity contribution is -0.121. The SMILES string of the molecule is O=C(Cn1nc(C2CC2)ccc1=O)NCCc1cccnc1. The van der Waals surface area contributed by atoms with Crippen molar-refractivity contribution in [3.05, 3.63) is 58.3 Å². The van der Waals surface area contributed by atoms with Gasteiger partial charge in [0.2, 0.25) is 5.91 Å². The molecule has 0 aromatic carbocycles. The number of hydrogen-bond acceptors (Lipinski definition) is 4. The van der Waals surface area contributed by atoms with E-state index in [1.165, 1.54) is 10.7 Å². The van der Waals surface area contributed by atoms with Crippen molar-refractivity contribution in [3.8, 4) is 0 Å². The molecule has 0 aliphatic heterocycles. The average Bonchev–Trinajstić information content (AvgIpc) is 3.35. The lowest BCUT2D eigenvalue weighted by Gasteiger charge is -2.08. The quantitative estimate of drug-likeness (QED) is 0.858. The van der Waals surface area contributed by atoms with Crippen molar-refractivity contribution < 1.29 is 4.79 Å². The van der Waals surface area contributed by atoms with Crippen LogP contribution in [0.2, 0.25) is 0 Å². The van der Waals surface area contributed by atoms with Crippen LogP contribution < -0.4 is 10.9 Å². The topological polar surface area (TPSA) is 76.9 Å². The highest BCUT2D eigenvalue weighted by molar-refractivity contribution is 5.75. The van der Waals surface area contributed by atoms with Crippen molar-refractivity contribution in [2.45, 2.75) is 31.7 Å². The van der Waals surface area contributed by atoms with Gasteiger partial charge < -0.3 is 5.32 Å². The van der Waals surface area contributed by atoms with Gasteiger partial charge in [-0.1, -0.05) is 6.07 Å². The number of amides is 1. The first kappa shape index (κ1) is 14.4. The zero-order valence-electron chi connectivity index (χ0n) is 12.2. The van der Waals surface area contributed by atoms with E-state index >= 15 is 0 Å². The third-order valence-corrected chi connectivity index (χ3v) is 3.63. The van der Waals surface area contributed by atoms with Gasteiger partial charge in [0.25, 0.3) is 5.56 Å². The minimum Gasteiger partial charge on any atom is -0.354 e. The number of nitrogens with one attached hydrogen (secondary N) is 1. The minimum absolute atomic E-state index is 0.0353. The normalized spacial score (nSPS) is 13.8. The van der Waals surface area contributed by atoms with Crippen LogP contribution in [0.3, 0.4) is 0 Å². The van der Waals surface area contributed by atoms with Crippen LogP contribution in [0.25, 0.3) is 0 Å². The minimum atomic E-state index is -0.244. The molecule has 2 aromatic rings. The van der Waals surface area contributed by atoms with E-state index in [9.17, 15) is 9.59 Å². The Bertz CT molecular complexity index is 708. The van der Waals surface area contributed by atoms with Gasteiger partial charge in [0.1, 0.15) is 6.54 Å². The highest BCUT2D eigenvalue weighted by Gasteiger charge is 2.25. The second-order valence-corrected chi connectivity index (χ2v) is 5.49. The Labute approximate surface area is 128 Å². The Morgan fingerprint density at radius 2 is 2.18 bits per heavy atom. The summed E-state index contributed by atoms with van der Waals surface area (Å²) in [5.41, 5.74) is 1.73. The van der Waals surface area contributed by atoms with Crippen molar-refractivity contribution in [2.24, 2.45) is 0 Å². The fraction of sp³-hybridized carbons (Fsp3) is 0.375. The summed E-state index contributed by atoms with van der Waals surface area (Å²) in [7, 11) is 0. The van der Waals surface area contributed by atoms with Crippen LogP contribution in [-0.2, 0) is 17.8 Å². The number of rotatable bonds is 6. The van der Waals surface area contributed by atoms with Crippen LogP contribution in [0.15, 0.2) is 41.5 Å². The second-order valence-electron chi connectivity index (χ2n) is 5.49. The van der Waals surface area contributed by atoms with Gasteiger partial charge >= 0.3 is 0 Å². The van der Waals surface area contributed by atoms with Crippen LogP contribution in [0, 0.1) is 0 Å². The van der Waals surface area contributed by atoms with E-state index in [-0.39, 0.29) is 18.0 Å². The van der Waals surface area contributed by atoms with E-state index in [2.05, 4.69) is 15.4 Å². The van der Waals surface area contributed by atoms with Gasteiger partial charge in [0.05, 0.1) is 5.69 Å². The van der Waals surface area contributed by atoms with E-state index < -0.39 is 0 Å². The summed E-state index contributed by atoms with van der Waals surface area (Å²) in [6.45, 7) is 0.480. The van der Waals surface area contributed by atoms with Crippen LogP contribution in [0.4, 0.5) is 0 Å². The highest BCUT2D eigenvalue weighted by Crippen LogP contribution is 2.38. The molecule has 6 heteroatoms. The summed E-state index contributed by atoms with van der Waals surface area (Å²) >= 11 is 0. The van der Waals surface area contributed by atoms with Gasteiger partial charge in [0.15, 0.2) is 0 Å². The van der Waals surface area contributed by atoms with E-state index in [0.717, 1.165) is 24.1 Å². The van der Waals surface area contributed by atoms with Crippen LogP contribution in [0.1, 0.15) is 30.0 Å². The fourth-order valence-electron chi connectivity index (χ4n) is 2.26. The molecule has 22 heavy (non-hydrogen) atoms. The van der Waals surface area contributed by atoms with Gasteiger partial charge in [-0.25, -0.2) is 4.68 Å². The van der Waals surface area contributed by atoms with E-state index in [1.807, 2.05) is 12.1 Å². The molecule has 1 amide bonds. The predicted molar refractivity (Wildman–Crippen MR) is 81.4 cm³/mol. The fourth-order valence-corrected chi connectivity index (χ4v) is 2.26. The van der Waals surface area contributed by atoms with Crippen LogP contribution in [0.5, 0.6) is 0 Å². The van der Waals surface area contributed by atoms with Crippen molar-refractivity contribution in [1.29, 1.82) is 0 Å². The van der Waals surface area contributed by atoms with Crippen molar-refractivity contribution >= 4 is 5.91 Å². The number of hydrogen-bond donors (Lipinski definition) is 1. The maximum atomic E-state index is 11.9. The maximum absolute atomic E-state index is 11.9. The van der Waals surface area contributed by atoms with Gasteiger partial charge in [0, 0.05) is 30.9 Å². The molecule has 0 radical (unpaired) electrons. The van der Waals surface area contributed by atoms with Gasteiger partial charge in [-0.15, -0.1) is 0 Å². The van der Waals surface area contributed by atoms with Crippen LogP contribution in [-0.4, -0.2) is 27.2 Å². The number of aromatic nitrogens is 3. The molecule has 1 saturated carbocycles. The zero-order valence-corrected chi connectivity index (χ0v) is 12.2. The number of carbonyl (C=O) groups excluding carboxylic acids is 1. The molecule has 0 spiro atoms. The highest BCUT2D eigenvalue weighted by atomic mass is 16.2. The Hall–Kier alpha value is -2.50. The first-order valence-corrected chi connectivity index (χ1v) is 7.46. The average molecular weight is 298 g/mol. The Morgan fingerprint density at radius 3 is 2.91 bits per heavy atom. The molecule has 6 nitrogen and oxygen atoms in total. The van der Waals surface area contributed by atoms with Crippen molar-refractivity contribution in [1.82, 2.24) is 20.1 Å². The molecule has 1 aliphatic carbocycles. The maximum Gasteiger partial charge on any atom is 0.267 e. The molecular formula is C16H18N4O2. The third kappa shape index (κ3) is 3.78. The molecule has 1 N–H and O–H groups in total. The summed E-state index contributed by atoms with van der Waals surface area (Å²) < 4.78 is 1.24. The van der Waals surface area contributed by atoms with Gasteiger partial charge in [-0.3, -0.25) is 14.6 Å². The van der Waals surface area contributed by atoms with Crippen LogP contribution >= 0.6 is 0 Å². The Kier molecular flexibility index (Phi) is 4.27. The summed E-state index contributed by atoms with van der Waals surface area (Å²) in [6, 6.07) is 7.08. The molecule has 1 fully saturated rings. The molecule has 0 bridgehead atoms. The molecular weight excluding hydrogens is 280 g/mol. The van der Waals surface area contributed by atoms with E-state index in [4.69, 9.17) is 0 Å². The monoisotopic (exact) mass is 298 g/mol. The second kappa shape index (κ2) is 6.51. The molecule has 0 unspecified atom stereocenters. The van der Waals surface area contributed by atoms with E-state index in [1.54, 1.807) is 18.5 Å². The zero-order chi connectivity index (χ0) is 15.4. The molecule has 0 atom stereocenters. The summed E-state index contributed by atoms with van der Waals surface area (Å²) in [5, 5.41) is 7.08. The molecule has 2 aromatic heterocycles. The molecule has 1 aliphatic rings. The number of carbonyl (C=O) groups is 1.